The van der Waals surface area contributed by atoms with Gasteiger partial charge in [-0.05, 0) is 44.7 Å². The van der Waals surface area contributed by atoms with E-state index in [-0.39, 0.29) is 0 Å². The summed E-state index contributed by atoms with van der Waals surface area (Å²) in [6.45, 7) is 4.32. The first kappa shape index (κ1) is 14.2. The highest BCUT2D eigenvalue weighted by Gasteiger charge is 2.26. The van der Waals surface area contributed by atoms with Gasteiger partial charge in [-0.25, -0.2) is 0 Å². The van der Waals surface area contributed by atoms with E-state index in [1.165, 1.54) is 44.1 Å². The molecule has 2 fully saturated rings. The van der Waals surface area contributed by atoms with E-state index in [1.54, 1.807) is 0 Å². The first-order chi connectivity index (χ1) is 9.74. The third-order valence-electron chi connectivity index (χ3n) is 5.02. The average molecular weight is 276 g/mol. The Balaban J connectivity index is 1.57. The molecule has 0 saturated heterocycles. The number of rotatable bonds is 6. The molecule has 1 N–H and O–H groups in total. The Bertz CT molecular complexity index is 424. The van der Waals surface area contributed by atoms with Crippen molar-refractivity contribution in [3.8, 4) is 0 Å². The fourth-order valence-electron chi connectivity index (χ4n) is 3.52. The predicted molar refractivity (Wildman–Crippen MR) is 81.5 cm³/mol. The van der Waals surface area contributed by atoms with Crippen LogP contribution in [0.3, 0.4) is 0 Å². The van der Waals surface area contributed by atoms with Gasteiger partial charge in [0.25, 0.3) is 0 Å². The summed E-state index contributed by atoms with van der Waals surface area (Å²) in [7, 11) is 2.28. The summed E-state index contributed by atoms with van der Waals surface area (Å²) in [5.41, 5.74) is 1.36. The fourth-order valence-corrected chi connectivity index (χ4v) is 3.52. The number of hydrogen-bond acceptors (Lipinski definition) is 3. The van der Waals surface area contributed by atoms with Gasteiger partial charge in [0.15, 0.2) is 0 Å². The van der Waals surface area contributed by atoms with Crippen LogP contribution in [0.25, 0.3) is 0 Å². The van der Waals surface area contributed by atoms with E-state index in [4.69, 9.17) is 4.42 Å². The SMILES string of the molecule is CC1CCCCC1N(C)Cc1ccoc1CNC1CC1. The average Bonchev–Trinajstić information content (AvgIpc) is 3.17. The van der Waals surface area contributed by atoms with Crippen LogP contribution in [-0.2, 0) is 13.1 Å². The lowest BCUT2D eigenvalue weighted by atomic mass is 9.85. The van der Waals surface area contributed by atoms with Crippen molar-refractivity contribution in [1.29, 1.82) is 0 Å². The van der Waals surface area contributed by atoms with Gasteiger partial charge in [0.2, 0.25) is 0 Å². The monoisotopic (exact) mass is 276 g/mol. The minimum atomic E-state index is 0.739. The molecule has 2 aliphatic carbocycles. The minimum Gasteiger partial charge on any atom is -0.468 e. The lowest BCUT2D eigenvalue weighted by Crippen LogP contribution is -2.38. The molecule has 20 heavy (non-hydrogen) atoms. The molecular formula is C17H28N2O. The van der Waals surface area contributed by atoms with Crippen LogP contribution in [0.1, 0.15) is 56.8 Å². The number of nitrogens with one attached hydrogen (secondary N) is 1. The molecule has 3 heteroatoms. The largest absolute Gasteiger partial charge is 0.468 e. The van der Waals surface area contributed by atoms with Crippen molar-refractivity contribution in [3.05, 3.63) is 23.7 Å². The Labute approximate surface area is 122 Å². The highest BCUT2D eigenvalue weighted by molar-refractivity contribution is 5.17. The van der Waals surface area contributed by atoms with Gasteiger partial charge in [0, 0.05) is 24.2 Å². The Hall–Kier alpha value is -0.800. The van der Waals surface area contributed by atoms with Crippen LogP contribution in [0.2, 0.25) is 0 Å². The van der Waals surface area contributed by atoms with Crippen molar-refractivity contribution < 1.29 is 4.42 Å². The lowest BCUT2D eigenvalue weighted by molar-refractivity contribution is 0.132. The summed E-state index contributed by atoms with van der Waals surface area (Å²) in [6.07, 6.45) is 10.0. The van der Waals surface area contributed by atoms with Gasteiger partial charge in [-0.3, -0.25) is 4.90 Å². The van der Waals surface area contributed by atoms with Crippen LogP contribution in [0.4, 0.5) is 0 Å². The Kier molecular flexibility index (Phi) is 4.47. The van der Waals surface area contributed by atoms with Crippen molar-refractivity contribution in [3.63, 3.8) is 0 Å². The fraction of sp³-hybridized carbons (Fsp3) is 0.765. The summed E-state index contributed by atoms with van der Waals surface area (Å²) < 4.78 is 5.67. The molecule has 0 spiro atoms. The molecule has 3 rings (SSSR count). The van der Waals surface area contributed by atoms with Crippen LogP contribution >= 0.6 is 0 Å². The summed E-state index contributed by atoms with van der Waals surface area (Å²) in [5.74, 6) is 1.96. The Morgan fingerprint density at radius 1 is 1.25 bits per heavy atom. The van der Waals surface area contributed by atoms with Gasteiger partial charge < -0.3 is 9.73 Å². The molecule has 2 atom stereocenters. The van der Waals surface area contributed by atoms with Crippen molar-refractivity contribution >= 4 is 0 Å². The zero-order valence-corrected chi connectivity index (χ0v) is 12.9. The van der Waals surface area contributed by atoms with Gasteiger partial charge in [-0.2, -0.15) is 0 Å². The van der Waals surface area contributed by atoms with Crippen molar-refractivity contribution in [2.75, 3.05) is 7.05 Å². The van der Waals surface area contributed by atoms with E-state index in [2.05, 4.69) is 30.3 Å². The number of furan rings is 1. The normalized spacial score (nSPS) is 27.1. The van der Waals surface area contributed by atoms with E-state index in [0.29, 0.717) is 0 Å². The van der Waals surface area contributed by atoms with E-state index < -0.39 is 0 Å². The highest BCUT2D eigenvalue weighted by atomic mass is 16.3. The smallest absolute Gasteiger partial charge is 0.122 e. The van der Waals surface area contributed by atoms with Crippen molar-refractivity contribution in [1.82, 2.24) is 10.2 Å². The van der Waals surface area contributed by atoms with Crippen LogP contribution < -0.4 is 5.32 Å². The van der Waals surface area contributed by atoms with Crippen LogP contribution in [0.15, 0.2) is 16.7 Å². The van der Waals surface area contributed by atoms with Crippen LogP contribution in [0.5, 0.6) is 0 Å². The van der Waals surface area contributed by atoms with E-state index in [1.807, 2.05) is 6.26 Å². The van der Waals surface area contributed by atoms with Gasteiger partial charge in [-0.1, -0.05) is 19.8 Å². The molecule has 0 radical (unpaired) electrons. The zero-order valence-electron chi connectivity index (χ0n) is 12.9. The highest BCUT2D eigenvalue weighted by Crippen LogP contribution is 2.29. The summed E-state index contributed by atoms with van der Waals surface area (Å²) in [5, 5.41) is 3.55. The maximum Gasteiger partial charge on any atom is 0.122 e. The number of hydrogen-bond donors (Lipinski definition) is 1. The predicted octanol–water partition coefficient (Wildman–Crippen LogP) is 3.54. The topological polar surface area (TPSA) is 28.4 Å². The first-order valence-electron chi connectivity index (χ1n) is 8.23. The van der Waals surface area contributed by atoms with Crippen molar-refractivity contribution in [2.24, 2.45) is 5.92 Å². The van der Waals surface area contributed by atoms with Gasteiger partial charge in [-0.15, -0.1) is 0 Å². The molecule has 1 heterocycles. The second-order valence-electron chi connectivity index (χ2n) is 6.77. The van der Waals surface area contributed by atoms with Crippen LogP contribution in [0, 0.1) is 5.92 Å². The first-order valence-corrected chi connectivity index (χ1v) is 8.23. The molecule has 2 aliphatic rings. The van der Waals surface area contributed by atoms with E-state index in [9.17, 15) is 0 Å². The Morgan fingerprint density at radius 2 is 2.05 bits per heavy atom. The van der Waals surface area contributed by atoms with Gasteiger partial charge in [0.05, 0.1) is 12.8 Å². The van der Waals surface area contributed by atoms with Gasteiger partial charge in [0.1, 0.15) is 5.76 Å². The van der Waals surface area contributed by atoms with E-state index >= 15 is 0 Å². The third-order valence-corrected chi connectivity index (χ3v) is 5.02. The molecule has 0 aliphatic heterocycles. The van der Waals surface area contributed by atoms with E-state index in [0.717, 1.165) is 36.9 Å². The third kappa shape index (κ3) is 3.44. The Morgan fingerprint density at radius 3 is 2.80 bits per heavy atom. The molecular weight excluding hydrogens is 248 g/mol. The zero-order chi connectivity index (χ0) is 13.9. The standard InChI is InChI=1S/C17H28N2O/c1-13-5-3-4-6-16(13)19(2)12-14-9-10-20-17(14)11-18-15-7-8-15/h9-10,13,15-16,18H,3-8,11-12H2,1-2H3. The van der Waals surface area contributed by atoms with Crippen LogP contribution in [-0.4, -0.2) is 24.0 Å². The summed E-state index contributed by atoms with van der Waals surface area (Å²) >= 11 is 0. The minimum absolute atomic E-state index is 0.739. The molecule has 3 nitrogen and oxygen atoms in total. The maximum atomic E-state index is 5.67. The molecule has 112 valence electrons. The second-order valence-corrected chi connectivity index (χ2v) is 6.77. The quantitative estimate of drug-likeness (QED) is 0.861. The maximum absolute atomic E-state index is 5.67. The summed E-state index contributed by atoms with van der Waals surface area (Å²) in [4.78, 5) is 2.54. The van der Waals surface area contributed by atoms with Gasteiger partial charge >= 0.3 is 0 Å². The molecule has 2 unspecified atom stereocenters. The molecule has 1 aromatic heterocycles. The summed E-state index contributed by atoms with van der Waals surface area (Å²) in [6, 6.07) is 3.63. The molecule has 0 aromatic carbocycles. The molecule has 0 amide bonds. The lowest BCUT2D eigenvalue weighted by Gasteiger charge is -2.36. The molecule has 0 bridgehead atoms. The molecule has 2 saturated carbocycles. The number of nitrogens with zero attached hydrogens (tertiary/aromatic N) is 1. The van der Waals surface area contributed by atoms with Crippen molar-refractivity contribution in [2.45, 2.75) is 70.6 Å². The second kappa shape index (κ2) is 6.31. The molecule has 1 aromatic rings.